The minimum atomic E-state index is -0.282. The average molecular weight is 452 g/mol. The van der Waals surface area contributed by atoms with Gasteiger partial charge in [0, 0.05) is 24.6 Å². The molecule has 176 valence electrons. The molecule has 0 saturated carbocycles. The topological polar surface area (TPSA) is 69.9 Å². The lowest BCUT2D eigenvalue weighted by Crippen LogP contribution is -2.22. The minimum absolute atomic E-state index is 0.0675. The molecule has 33 heavy (non-hydrogen) atoms. The normalized spacial score (nSPS) is 11.2. The van der Waals surface area contributed by atoms with Crippen molar-refractivity contribution < 1.29 is 23.4 Å². The number of carbonyl (C=O) groups is 1. The number of amides is 1. The van der Waals surface area contributed by atoms with Crippen LogP contribution in [-0.4, -0.2) is 27.2 Å². The summed E-state index contributed by atoms with van der Waals surface area (Å²) in [6.07, 6.45) is 1.57. The molecule has 3 aromatic rings. The predicted molar refractivity (Wildman–Crippen MR) is 129 cm³/mol. The van der Waals surface area contributed by atoms with E-state index in [0.717, 1.165) is 23.3 Å². The second-order valence-electron chi connectivity index (χ2n) is 8.61. The lowest BCUT2D eigenvalue weighted by Gasteiger charge is -2.24. The van der Waals surface area contributed by atoms with E-state index in [1.165, 1.54) is 5.56 Å². The van der Waals surface area contributed by atoms with Gasteiger partial charge in [0.2, 0.25) is 0 Å². The van der Waals surface area contributed by atoms with E-state index in [-0.39, 0.29) is 17.1 Å². The van der Waals surface area contributed by atoms with Gasteiger partial charge in [-0.05, 0) is 53.3 Å². The van der Waals surface area contributed by atoms with Crippen molar-refractivity contribution in [1.82, 2.24) is 5.32 Å². The fraction of sp³-hybridized carbons (Fsp3) is 0.370. The number of methoxy groups -OCH3 is 3. The third-order valence-electron chi connectivity index (χ3n) is 6.06. The molecule has 0 saturated heterocycles. The Morgan fingerprint density at radius 3 is 2.24 bits per heavy atom. The van der Waals surface area contributed by atoms with Crippen LogP contribution in [0.25, 0.3) is 0 Å². The highest BCUT2D eigenvalue weighted by Gasteiger charge is 2.20. The number of rotatable bonds is 10. The van der Waals surface area contributed by atoms with Gasteiger partial charge in [-0.1, -0.05) is 32.9 Å². The van der Waals surface area contributed by atoms with Crippen molar-refractivity contribution in [3.63, 3.8) is 0 Å². The van der Waals surface area contributed by atoms with Crippen LogP contribution in [0.4, 0.5) is 0 Å². The van der Waals surface area contributed by atoms with Crippen molar-refractivity contribution in [2.75, 3.05) is 21.3 Å². The Morgan fingerprint density at radius 1 is 0.939 bits per heavy atom. The fourth-order valence-corrected chi connectivity index (χ4v) is 3.56. The van der Waals surface area contributed by atoms with Crippen molar-refractivity contribution in [3.05, 3.63) is 76.7 Å². The van der Waals surface area contributed by atoms with Crippen LogP contribution in [0.2, 0.25) is 0 Å². The number of carbonyl (C=O) groups excluding carboxylic acids is 1. The highest BCUT2D eigenvalue weighted by Crippen LogP contribution is 2.32. The third kappa shape index (κ3) is 5.89. The first-order valence-electron chi connectivity index (χ1n) is 11.1. The summed E-state index contributed by atoms with van der Waals surface area (Å²) in [5.41, 5.74) is 3.21. The number of furan rings is 1. The van der Waals surface area contributed by atoms with E-state index in [9.17, 15) is 4.79 Å². The smallest absolute Gasteiger partial charge is 0.287 e. The first-order chi connectivity index (χ1) is 15.8. The predicted octanol–water partition coefficient (Wildman–Crippen LogP) is 5.51. The Hall–Kier alpha value is -3.41. The summed E-state index contributed by atoms with van der Waals surface area (Å²) in [5, 5.41) is 2.89. The summed E-state index contributed by atoms with van der Waals surface area (Å²) in [7, 11) is 4.85. The molecule has 0 aliphatic rings. The zero-order chi connectivity index (χ0) is 24.0. The SMILES string of the molecule is CCC(C)(C)c1ccc(OC)c(Cc2ccc(C(=O)NCc3cc(OC)cc(OC)c3)o2)c1. The molecule has 1 heterocycles. The Kier molecular flexibility index (Phi) is 7.69. The van der Waals surface area contributed by atoms with E-state index in [1.54, 1.807) is 33.5 Å². The Labute approximate surface area is 195 Å². The summed E-state index contributed by atoms with van der Waals surface area (Å²) in [4.78, 5) is 12.6. The van der Waals surface area contributed by atoms with Gasteiger partial charge in [-0.3, -0.25) is 4.79 Å². The number of nitrogens with one attached hydrogen (secondary N) is 1. The van der Waals surface area contributed by atoms with Gasteiger partial charge in [-0.25, -0.2) is 0 Å². The van der Waals surface area contributed by atoms with E-state index in [0.29, 0.717) is 30.2 Å². The first-order valence-corrected chi connectivity index (χ1v) is 11.1. The van der Waals surface area contributed by atoms with Crippen LogP contribution in [-0.2, 0) is 18.4 Å². The molecule has 3 rings (SSSR count). The van der Waals surface area contributed by atoms with E-state index in [2.05, 4.69) is 38.2 Å². The minimum Gasteiger partial charge on any atom is -0.497 e. The van der Waals surface area contributed by atoms with E-state index in [1.807, 2.05) is 24.3 Å². The second-order valence-corrected chi connectivity index (χ2v) is 8.61. The first kappa shape index (κ1) is 24.2. The molecule has 0 bridgehead atoms. The van der Waals surface area contributed by atoms with Crippen LogP contribution in [0.3, 0.4) is 0 Å². The van der Waals surface area contributed by atoms with Crippen LogP contribution in [0, 0.1) is 0 Å². The quantitative estimate of drug-likeness (QED) is 0.440. The highest BCUT2D eigenvalue weighted by atomic mass is 16.5. The molecule has 0 radical (unpaired) electrons. The average Bonchev–Trinajstić information content (AvgIpc) is 3.30. The number of hydrogen-bond donors (Lipinski definition) is 1. The molecular formula is C27H33NO5. The van der Waals surface area contributed by atoms with Crippen molar-refractivity contribution in [1.29, 1.82) is 0 Å². The highest BCUT2D eigenvalue weighted by molar-refractivity contribution is 5.91. The summed E-state index contributed by atoms with van der Waals surface area (Å²) < 4.78 is 22.0. The molecule has 0 spiro atoms. The fourth-order valence-electron chi connectivity index (χ4n) is 3.56. The summed E-state index contributed by atoms with van der Waals surface area (Å²) in [6.45, 7) is 6.96. The van der Waals surface area contributed by atoms with Crippen LogP contribution in [0.1, 0.15) is 60.2 Å². The number of ether oxygens (including phenoxy) is 3. The van der Waals surface area contributed by atoms with E-state index < -0.39 is 0 Å². The summed E-state index contributed by atoms with van der Waals surface area (Å²) >= 11 is 0. The zero-order valence-electron chi connectivity index (χ0n) is 20.3. The van der Waals surface area contributed by atoms with Gasteiger partial charge in [0.1, 0.15) is 23.0 Å². The standard InChI is InChI=1S/C27H33NO5/c1-7-27(2,3)20-8-10-24(32-6)19(14-20)15-21-9-11-25(33-21)26(29)28-17-18-12-22(30-4)16-23(13-18)31-5/h8-14,16H,7,15,17H2,1-6H3,(H,28,29). The van der Waals surface area contributed by atoms with Gasteiger partial charge < -0.3 is 23.9 Å². The molecule has 0 atom stereocenters. The number of benzene rings is 2. The Bertz CT molecular complexity index is 1080. The van der Waals surface area contributed by atoms with Gasteiger partial charge in [-0.2, -0.15) is 0 Å². The molecule has 1 aromatic heterocycles. The third-order valence-corrected chi connectivity index (χ3v) is 6.06. The zero-order valence-corrected chi connectivity index (χ0v) is 20.3. The molecule has 0 unspecified atom stereocenters. The monoisotopic (exact) mass is 451 g/mol. The number of hydrogen-bond acceptors (Lipinski definition) is 5. The maximum Gasteiger partial charge on any atom is 0.287 e. The Morgan fingerprint density at radius 2 is 1.64 bits per heavy atom. The van der Waals surface area contributed by atoms with Crippen LogP contribution in [0.15, 0.2) is 52.9 Å². The second kappa shape index (κ2) is 10.5. The van der Waals surface area contributed by atoms with Crippen LogP contribution in [0.5, 0.6) is 17.2 Å². The van der Waals surface area contributed by atoms with Crippen molar-refractivity contribution >= 4 is 5.91 Å². The largest absolute Gasteiger partial charge is 0.497 e. The molecule has 6 nitrogen and oxygen atoms in total. The van der Waals surface area contributed by atoms with Gasteiger partial charge in [-0.15, -0.1) is 0 Å². The van der Waals surface area contributed by atoms with E-state index in [4.69, 9.17) is 18.6 Å². The molecular weight excluding hydrogens is 418 g/mol. The Balaban J connectivity index is 1.71. The molecule has 1 amide bonds. The van der Waals surface area contributed by atoms with Crippen molar-refractivity contribution in [3.8, 4) is 17.2 Å². The summed E-state index contributed by atoms with van der Waals surface area (Å²) in [6, 6.07) is 15.3. The molecule has 0 aliphatic carbocycles. The lowest BCUT2D eigenvalue weighted by atomic mass is 9.81. The lowest BCUT2D eigenvalue weighted by molar-refractivity contribution is 0.0921. The van der Waals surface area contributed by atoms with Crippen LogP contribution < -0.4 is 19.5 Å². The summed E-state index contributed by atoms with van der Waals surface area (Å²) in [5.74, 6) is 2.83. The molecule has 0 fully saturated rings. The molecule has 1 N–H and O–H groups in total. The van der Waals surface area contributed by atoms with Gasteiger partial charge in [0.05, 0.1) is 21.3 Å². The van der Waals surface area contributed by atoms with Crippen molar-refractivity contribution in [2.24, 2.45) is 0 Å². The van der Waals surface area contributed by atoms with E-state index >= 15 is 0 Å². The maximum atomic E-state index is 12.6. The van der Waals surface area contributed by atoms with Gasteiger partial charge in [0.15, 0.2) is 5.76 Å². The molecule has 2 aromatic carbocycles. The van der Waals surface area contributed by atoms with Gasteiger partial charge in [0.25, 0.3) is 5.91 Å². The molecule has 6 heteroatoms. The molecule has 0 aliphatic heterocycles. The van der Waals surface area contributed by atoms with Crippen molar-refractivity contribution in [2.45, 2.75) is 45.6 Å². The maximum absolute atomic E-state index is 12.6. The van der Waals surface area contributed by atoms with Crippen LogP contribution >= 0.6 is 0 Å². The van der Waals surface area contributed by atoms with Gasteiger partial charge >= 0.3 is 0 Å².